The molecule has 0 bridgehead atoms. The van der Waals surface area contributed by atoms with Crippen molar-refractivity contribution in [3.63, 3.8) is 0 Å². The summed E-state index contributed by atoms with van der Waals surface area (Å²) < 4.78 is 0. The van der Waals surface area contributed by atoms with Gasteiger partial charge in [-0.3, -0.25) is 9.59 Å². The molecule has 3 atom stereocenters. The first kappa shape index (κ1) is 25.6. The van der Waals surface area contributed by atoms with Gasteiger partial charge in [0.1, 0.15) is 10.6 Å². The molecule has 4 N–H and O–H groups in total. The number of piperidine rings is 1. The minimum atomic E-state index is -1.10. The number of amides is 2. The Hall–Kier alpha value is -3.08. The van der Waals surface area contributed by atoms with E-state index in [0.717, 1.165) is 22.5 Å². The zero-order valence-electron chi connectivity index (χ0n) is 20.1. The molecule has 1 saturated carbocycles. The van der Waals surface area contributed by atoms with Gasteiger partial charge in [0.2, 0.25) is 5.91 Å². The second-order valence-electron chi connectivity index (χ2n) is 9.50. The van der Waals surface area contributed by atoms with Gasteiger partial charge in [-0.1, -0.05) is 64.4 Å². The zero-order valence-corrected chi connectivity index (χ0v) is 22.4. The Morgan fingerprint density at radius 1 is 1.19 bits per heavy atom. The van der Waals surface area contributed by atoms with Gasteiger partial charge in [-0.2, -0.15) is 0 Å². The van der Waals surface area contributed by atoms with Gasteiger partial charge in [0.05, 0.1) is 22.2 Å². The number of nitrogens with zero attached hydrogens (tertiary/aromatic N) is 2. The van der Waals surface area contributed by atoms with Crippen LogP contribution in [-0.2, 0) is 17.8 Å². The van der Waals surface area contributed by atoms with E-state index in [2.05, 4.69) is 20.6 Å². The van der Waals surface area contributed by atoms with E-state index in [1.54, 1.807) is 6.92 Å². The SMILES string of the molecule is Cc1cccc(CNC(=O)Cc2nc(N3C[C@@H]4[C@H](C3)[C@H]4NC(=O)c3[nH]c(C)c(Cl)c3Cl)sc2C(=O)O)c1. The van der Waals surface area contributed by atoms with Crippen molar-refractivity contribution in [1.82, 2.24) is 20.6 Å². The Bertz CT molecular complexity index is 1390. The number of aromatic amines is 1. The molecule has 1 aliphatic heterocycles. The zero-order chi connectivity index (χ0) is 26.4. The highest BCUT2D eigenvalue weighted by Gasteiger charge is 2.57. The third-order valence-electron chi connectivity index (χ3n) is 6.82. The summed E-state index contributed by atoms with van der Waals surface area (Å²) in [4.78, 5) is 46.5. The summed E-state index contributed by atoms with van der Waals surface area (Å²) in [7, 11) is 0. The van der Waals surface area contributed by atoms with Crippen LogP contribution in [0.25, 0.3) is 0 Å². The Morgan fingerprint density at radius 3 is 2.54 bits per heavy atom. The van der Waals surface area contributed by atoms with Gasteiger partial charge in [-0.05, 0) is 19.4 Å². The van der Waals surface area contributed by atoms with Gasteiger partial charge >= 0.3 is 5.97 Å². The normalized spacial score (nSPS) is 20.0. The number of aromatic carboxylic acids is 1. The Morgan fingerprint density at radius 2 is 1.92 bits per heavy atom. The first-order chi connectivity index (χ1) is 17.6. The fourth-order valence-corrected chi connectivity index (χ4v) is 6.20. The molecule has 2 amide bonds. The summed E-state index contributed by atoms with van der Waals surface area (Å²) in [5.74, 6) is -1.23. The quantitative estimate of drug-likeness (QED) is 0.331. The molecule has 2 fully saturated rings. The summed E-state index contributed by atoms with van der Waals surface area (Å²) in [5, 5.41) is 16.7. The van der Waals surface area contributed by atoms with Gasteiger partial charge in [-0.25, -0.2) is 9.78 Å². The molecule has 3 aromatic rings. The van der Waals surface area contributed by atoms with Crippen molar-refractivity contribution < 1.29 is 19.5 Å². The third-order valence-corrected chi connectivity index (χ3v) is 8.92. The van der Waals surface area contributed by atoms with Crippen LogP contribution < -0.4 is 15.5 Å². The maximum atomic E-state index is 12.6. The van der Waals surface area contributed by atoms with Crippen LogP contribution in [0.15, 0.2) is 24.3 Å². The number of aromatic nitrogens is 2. The molecular weight excluding hydrogens is 537 g/mol. The van der Waals surface area contributed by atoms with Crippen molar-refractivity contribution in [3.05, 3.63) is 67.4 Å². The van der Waals surface area contributed by atoms with Crippen molar-refractivity contribution in [2.24, 2.45) is 11.8 Å². The molecule has 0 radical (unpaired) electrons. The minimum Gasteiger partial charge on any atom is -0.477 e. The highest BCUT2D eigenvalue weighted by atomic mass is 35.5. The number of carbonyl (C=O) groups excluding carboxylic acids is 2. The summed E-state index contributed by atoms with van der Waals surface area (Å²) in [6.45, 7) is 5.37. The van der Waals surface area contributed by atoms with Gasteiger partial charge in [0.25, 0.3) is 5.91 Å². The Labute approximate surface area is 227 Å². The first-order valence-corrected chi connectivity index (χ1v) is 13.3. The number of carboxylic acid groups (broad SMARTS) is 1. The number of H-pyrrole nitrogens is 1. The standard InChI is InChI=1S/C25H25Cl2N5O4S/c1-11-4-3-5-13(6-11)8-28-17(33)7-16-22(24(35)36)37-25(30-16)32-9-14-15(10-32)20(14)31-23(34)21-19(27)18(26)12(2)29-21/h3-6,14-15,20,29H,7-10H2,1-2H3,(H,28,33)(H,31,34)(H,35,36)/t14-,15+,20+. The number of benzene rings is 1. The molecule has 37 heavy (non-hydrogen) atoms. The largest absolute Gasteiger partial charge is 0.477 e. The maximum absolute atomic E-state index is 12.6. The summed E-state index contributed by atoms with van der Waals surface area (Å²) in [5.41, 5.74) is 3.22. The van der Waals surface area contributed by atoms with Gasteiger partial charge in [0.15, 0.2) is 5.13 Å². The number of carbonyl (C=O) groups is 3. The van der Waals surface area contributed by atoms with Crippen LogP contribution in [0, 0.1) is 25.7 Å². The van der Waals surface area contributed by atoms with E-state index in [1.165, 1.54) is 0 Å². The molecule has 2 aliphatic rings. The maximum Gasteiger partial charge on any atom is 0.347 e. The fourth-order valence-electron chi connectivity index (χ4n) is 4.85. The van der Waals surface area contributed by atoms with Crippen LogP contribution in [0.4, 0.5) is 5.13 Å². The topological polar surface area (TPSA) is 127 Å². The molecular formula is C25H25Cl2N5O4S. The fraction of sp³-hybridized carbons (Fsp3) is 0.360. The van der Waals surface area contributed by atoms with E-state index in [0.29, 0.717) is 35.5 Å². The molecule has 0 spiro atoms. The van der Waals surface area contributed by atoms with Crippen molar-refractivity contribution in [3.8, 4) is 0 Å². The second-order valence-corrected chi connectivity index (χ2v) is 11.2. The van der Waals surface area contributed by atoms with Crippen molar-refractivity contribution >= 4 is 57.5 Å². The number of nitrogens with one attached hydrogen (secondary N) is 3. The summed E-state index contributed by atoms with van der Waals surface area (Å²) in [6, 6.07) is 7.82. The molecule has 12 heteroatoms. The molecule has 1 aliphatic carbocycles. The van der Waals surface area contributed by atoms with Crippen molar-refractivity contribution in [2.45, 2.75) is 32.9 Å². The van der Waals surface area contributed by atoms with Gasteiger partial charge in [0, 0.05) is 43.2 Å². The van der Waals surface area contributed by atoms with E-state index in [9.17, 15) is 19.5 Å². The number of anilines is 1. The number of carboxylic acids is 1. The first-order valence-electron chi connectivity index (χ1n) is 11.8. The average Bonchev–Trinajstić information content (AvgIpc) is 3.21. The summed E-state index contributed by atoms with van der Waals surface area (Å²) in [6.07, 6.45) is -0.109. The van der Waals surface area contributed by atoms with Crippen LogP contribution >= 0.6 is 34.5 Å². The van der Waals surface area contributed by atoms with Crippen LogP contribution in [-0.4, -0.2) is 52.0 Å². The van der Waals surface area contributed by atoms with E-state index in [1.807, 2.05) is 36.1 Å². The Balaban J connectivity index is 1.18. The number of aryl methyl sites for hydroxylation is 2. The number of thiazole rings is 1. The molecule has 0 unspecified atom stereocenters. The molecule has 9 nitrogen and oxygen atoms in total. The van der Waals surface area contributed by atoms with E-state index >= 15 is 0 Å². The third kappa shape index (κ3) is 5.18. The van der Waals surface area contributed by atoms with Crippen molar-refractivity contribution in [1.29, 1.82) is 0 Å². The lowest BCUT2D eigenvalue weighted by Crippen LogP contribution is -2.35. The van der Waals surface area contributed by atoms with E-state index in [4.69, 9.17) is 23.2 Å². The Kier molecular flexibility index (Phi) is 6.91. The molecule has 2 aromatic heterocycles. The number of hydrogen-bond donors (Lipinski definition) is 4. The smallest absolute Gasteiger partial charge is 0.347 e. The lowest BCUT2D eigenvalue weighted by molar-refractivity contribution is -0.120. The number of hydrogen-bond acceptors (Lipinski definition) is 6. The van der Waals surface area contributed by atoms with Crippen LogP contribution in [0.1, 0.15) is 42.7 Å². The summed E-state index contributed by atoms with van der Waals surface area (Å²) >= 11 is 13.3. The predicted molar refractivity (Wildman–Crippen MR) is 142 cm³/mol. The van der Waals surface area contributed by atoms with Crippen molar-refractivity contribution in [2.75, 3.05) is 18.0 Å². The van der Waals surface area contributed by atoms with Crippen LogP contribution in [0.2, 0.25) is 10.0 Å². The van der Waals surface area contributed by atoms with Crippen LogP contribution in [0.3, 0.4) is 0 Å². The van der Waals surface area contributed by atoms with Gasteiger partial charge < -0.3 is 25.6 Å². The number of fused-ring (bicyclic) bond motifs is 1. The lowest BCUT2D eigenvalue weighted by atomic mass is 10.1. The lowest BCUT2D eigenvalue weighted by Gasteiger charge is -2.19. The number of halogens is 2. The molecule has 1 saturated heterocycles. The monoisotopic (exact) mass is 561 g/mol. The van der Waals surface area contributed by atoms with E-state index in [-0.39, 0.29) is 57.4 Å². The number of rotatable bonds is 8. The van der Waals surface area contributed by atoms with E-state index < -0.39 is 5.97 Å². The highest BCUT2D eigenvalue weighted by Crippen LogP contribution is 2.48. The minimum absolute atomic E-state index is 0.00739. The van der Waals surface area contributed by atoms with Gasteiger partial charge in [-0.15, -0.1) is 0 Å². The molecule has 5 rings (SSSR count). The molecule has 3 heterocycles. The second kappa shape index (κ2) is 10.00. The predicted octanol–water partition coefficient (Wildman–Crippen LogP) is 3.82. The molecule has 194 valence electrons. The van der Waals surface area contributed by atoms with Crippen LogP contribution in [0.5, 0.6) is 0 Å². The molecule has 1 aromatic carbocycles. The average molecular weight is 562 g/mol. The highest BCUT2D eigenvalue weighted by molar-refractivity contribution is 7.17.